The van der Waals surface area contributed by atoms with Crippen LogP contribution in [0.5, 0.6) is 11.5 Å². The number of benzene rings is 1. The molecule has 1 aliphatic rings. The van der Waals surface area contributed by atoms with Crippen molar-refractivity contribution >= 4 is 5.97 Å². The fourth-order valence-electron chi connectivity index (χ4n) is 2.17. The van der Waals surface area contributed by atoms with Crippen LogP contribution in [0, 0.1) is 0 Å². The molecule has 1 aliphatic heterocycles. The minimum absolute atomic E-state index is 0.320. The molecule has 1 aromatic rings. The van der Waals surface area contributed by atoms with E-state index in [-0.39, 0.29) is 0 Å². The summed E-state index contributed by atoms with van der Waals surface area (Å²) in [6.07, 6.45) is 0. The predicted molar refractivity (Wildman–Crippen MR) is 92.0 cm³/mol. The van der Waals surface area contributed by atoms with Gasteiger partial charge in [0.25, 0.3) is 0 Å². The molecule has 0 unspecified atom stereocenters. The van der Waals surface area contributed by atoms with Crippen LogP contribution in [0.3, 0.4) is 0 Å². The Bertz CT molecular complexity index is 534. The first-order chi connectivity index (χ1) is 12.8. The van der Waals surface area contributed by atoms with Gasteiger partial charge in [0.2, 0.25) is 0 Å². The highest BCUT2D eigenvalue weighted by Crippen LogP contribution is 2.28. The molecule has 146 valence electrons. The average Bonchev–Trinajstić information content (AvgIpc) is 2.67. The molecule has 8 nitrogen and oxygen atoms in total. The Balaban J connectivity index is 1.95. The van der Waals surface area contributed by atoms with Crippen molar-refractivity contribution in [2.45, 2.75) is 0 Å². The van der Waals surface area contributed by atoms with Crippen molar-refractivity contribution in [3.8, 4) is 11.5 Å². The van der Waals surface area contributed by atoms with Gasteiger partial charge in [-0.3, -0.25) is 0 Å². The highest BCUT2D eigenvalue weighted by molar-refractivity contribution is 5.90. The number of hydrogen-bond acceptors (Lipinski definition) is 8. The lowest BCUT2D eigenvalue weighted by Gasteiger charge is -2.14. The highest BCUT2D eigenvalue weighted by atomic mass is 16.6. The van der Waals surface area contributed by atoms with Crippen LogP contribution in [0.2, 0.25) is 0 Å². The molecule has 26 heavy (non-hydrogen) atoms. The fourth-order valence-corrected chi connectivity index (χ4v) is 2.17. The standard InChI is InChI=1S/C18H26O8/c1-20-18(19)15-2-3-16-17(14-15)26-13-11-24-9-7-22-5-4-21-6-8-23-10-12-25-16/h2-3,14H,4-13H2,1H3. The van der Waals surface area contributed by atoms with Gasteiger partial charge in [-0.25, -0.2) is 4.79 Å². The van der Waals surface area contributed by atoms with E-state index >= 15 is 0 Å². The maximum absolute atomic E-state index is 11.7. The third-order valence-electron chi connectivity index (χ3n) is 3.45. The number of hydrogen-bond donors (Lipinski definition) is 0. The Morgan fingerprint density at radius 1 is 0.731 bits per heavy atom. The molecule has 0 fully saturated rings. The molecule has 0 radical (unpaired) electrons. The van der Waals surface area contributed by atoms with E-state index in [1.165, 1.54) is 7.11 Å². The number of carbonyl (C=O) groups is 1. The Hall–Kier alpha value is -1.87. The lowest BCUT2D eigenvalue weighted by atomic mass is 10.2. The van der Waals surface area contributed by atoms with Crippen LogP contribution in [0.4, 0.5) is 0 Å². The summed E-state index contributed by atoms with van der Waals surface area (Å²) in [5, 5.41) is 0. The van der Waals surface area contributed by atoms with E-state index in [4.69, 9.17) is 33.2 Å². The molecule has 0 bridgehead atoms. The quantitative estimate of drug-likeness (QED) is 0.685. The van der Waals surface area contributed by atoms with E-state index < -0.39 is 5.97 Å². The maximum Gasteiger partial charge on any atom is 0.337 e. The lowest BCUT2D eigenvalue weighted by molar-refractivity contribution is -0.00842. The van der Waals surface area contributed by atoms with E-state index in [1.54, 1.807) is 18.2 Å². The molecule has 2 rings (SSSR count). The van der Waals surface area contributed by atoms with E-state index in [0.29, 0.717) is 83.1 Å². The van der Waals surface area contributed by atoms with E-state index in [0.717, 1.165) is 0 Å². The van der Waals surface area contributed by atoms with Crippen molar-refractivity contribution in [3.63, 3.8) is 0 Å². The van der Waals surface area contributed by atoms with E-state index in [9.17, 15) is 4.79 Å². The number of rotatable bonds is 1. The molecule has 0 aromatic heterocycles. The number of ether oxygens (including phenoxy) is 7. The first kappa shape index (κ1) is 20.4. The molecule has 1 heterocycles. The summed E-state index contributed by atoms with van der Waals surface area (Å²) in [6, 6.07) is 4.90. The second-order valence-corrected chi connectivity index (χ2v) is 5.30. The monoisotopic (exact) mass is 370 g/mol. The number of carbonyl (C=O) groups excluding carboxylic acids is 1. The summed E-state index contributed by atoms with van der Waals surface area (Å²) in [7, 11) is 1.33. The van der Waals surface area contributed by atoms with E-state index in [1.807, 2.05) is 0 Å². The van der Waals surface area contributed by atoms with Crippen LogP contribution < -0.4 is 9.47 Å². The molecule has 0 N–H and O–H groups in total. The van der Waals surface area contributed by atoms with Gasteiger partial charge in [0.05, 0.1) is 65.5 Å². The molecule has 0 atom stereocenters. The first-order valence-electron chi connectivity index (χ1n) is 8.60. The minimum atomic E-state index is -0.437. The minimum Gasteiger partial charge on any atom is -0.487 e. The third-order valence-corrected chi connectivity index (χ3v) is 3.45. The summed E-state index contributed by atoms with van der Waals surface area (Å²) in [6.45, 7) is 4.48. The lowest BCUT2D eigenvalue weighted by Crippen LogP contribution is -2.16. The Labute approximate surface area is 153 Å². The fraction of sp³-hybridized carbons (Fsp3) is 0.611. The van der Waals surface area contributed by atoms with Crippen molar-refractivity contribution in [3.05, 3.63) is 23.8 Å². The van der Waals surface area contributed by atoms with Gasteiger partial charge < -0.3 is 33.2 Å². The van der Waals surface area contributed by atoms with Gasteiger partial charge in [0.1, 0.15) is 13.2 Å². The van der Waals surface area contributed by atoms with Crippen molar-refractivity contribution in [1.82, 2.24) is 0 Å². The van der Waals surface area contributed by atoms with Gasteiger partial charge in [0, 0.05) is 0 Å². The smallest absolute Gasteiger partial charge is 0.337 e. The third kappa shape index (κ3) is 7.57. The normalized spacial score (nSPS) is 18.3. The van der Waals surface area contributed by atoms with Crippen LogP contribution in [-0.4, -0.2) is 79.1 Å². The largest absolute Gasteiger partial charge is 0.487 e. The first-order valence-corrected chi connectivity index (χ1v) is 8.60. The van der Waals surface area contributed by atoms with Crippen molar-refractivity contribution < 1.29 is 38.0 Å². The summed E-state index contributed by atoms with van der Waals surface area (Å²) >= 11 is 0. The van der Waals surface area contributed by atoms with Crippen LogP contribution in [0.25, 0.3) is 0 Å². The van der Waals surface area contributed by atoms with Gasteiger partial charge in [-0.1, -0.05) is 0 Å². The van der Waals surface area contributed by atoms with Crippen LogP contribution >= 0.6 is 0 Å². The highest BCUT2D eigenvalue weighted by Gasteiger charge is 2.12. The van der Waals surface area contributed by atoms with Crippen molar-refractivity contribution in [1.29, 1.82) is 0 Å². The van der Waals surface area contributed by atoms with Crippen molar-refractivity contribution in [2.75, 3.05) is 73.2 Å². The average molecular weight is 370 g/mol. The summed E-state index contributed by atoms with van der Waals surface area (Å²) in [5.74, 6) is 0.548. The van der Waals surface area contributed by atoms with Gasteiger partial charge in [0.15, 0.2) is 11.5 Å². The zero-order valence-corrected chi connectivity index (χ0v) is 15.1. The number of methoxy groups -OCH3 is 1. The zero-order valence-electron chi connectivity index (χ0n) is 15.1. The van der Waals surface area contributed by atoms with Crippen molar-refractivity contribution in [2.24, 2.45) is 0 Å². The molecular formula is C18H26O8. The summed E-state index contributed by atoms with van der Waals surface area (Å²) < 4.78 is 37.8. The predicted octanol–water partition coefficient (Wildman–Crippen LogP) is 1.31. The number of esters is 1. The second-order valence-electron chi connectivity index (χ2n) is 5.30. The molecular weight excluding hydrogens is 344 g/mol. The summed E-state index contributed by atoms with van der Waals surface area (Å²) in [5.41, 5.74) is 0.389. The van der Waals surface area contributed by atoms with Crippen LogP contribution in [0.15, 0.2) is 18.2 Å². The topological polar surface area (TPSA) is 81.7 Å². The van der Waals surface area contributed by atoms with Gasteiger partial charge in [-0.15, -0.1) is 0 Å². The Kier molecular flexibility index (Phi) is 9.81. The van der Waals surface area contributed by atoms with Gasteiger partial charge in [-0.2, -0.15) is 0 Å². The summed E-state index contributed by atoms with van der Waals surface area (Å²) in [4.78, 5) is 11.7. The van der Waals surface area contributed by atoms with Gasteiger partial charge in [-0.05, 0) is 18.2 Å². The molecule has 0 amide bonds. The molecule has 1 aromatic carbocycles. The van der Waals surface area contributed by atoms with Crippen LogP contribution in [0.1, 0.15) is 10.4 Å². The molecule has 0 aliphatic carbocycles. The van der Waals surface area contributed by atoms with Gasteiger partial charge >= 0.3 is 5.97 Å². The maximum atomic E-state index is 11.7. The molecule has 8 heteroatoms. The molecule has 0 spiro atoms. The molecule has 0 saturated heterocycles. The second kappa shape index (κ2) is 12.5. The Morgan fingerprint density at radius 2 is 1.19 bits per heavy atom. The Morgan fingerprint density at radius 3 is 1.69 bits per heavy atom. The van der Waals surface area contributed by atoms with E-state index in [2.05, 4.69) is 0 Å². The zero-order chi connectivity index (χ0) is 18.5. The van der Waals surface area contributed by atoms with Crippen LogP contribution in [-0.2, 0) is 23.7 Å². The number of fused-ring (bicyclic) bond motifs is 1. The SMILES string of the molecule is COC(=O)c1ccc2c(c1)OCCOCCOCCOCCOCCO2. The molecule has 0 saturated carbocycles.